The minimum Gasteiger partial charge on any atom is -0.355 e. The quantitative estimate of drug-likeness (QED) is 0.447. The number of carbonyl (C=O) groups excluding carboxylic acids is 1. The number of thiol groups is 2. The summed E-state index contributed by atoms with van der Waals surface area (Å²) in [6, 6.07) is 0. The molecule has 0 saturated carbocycles. The highest BCUT2D eigenvalue weighted by molar-refractivity contribution is 7.81. The van der Waals surface area contributed by atoms with Gasteiger partial charge < -0.3 is 5.32 Å². The van der Waals surface area contributed by atoms with E-state index in [1.54, 1.807) is 0 Å². The van der Waals surface area contributed by atoms with E-state index in [-0.39, 0.29) is 11.2 Å². The summed E-state index contributed by atoms with van der Waals surface area (Å²) in [6.45, 7) is 2.76. The molecule has 1 amide bonds. The van der Waals surface area contributed by atoms with Gasteiger partial charge in [0.1, 0.15) is 0 Å². The first kappa shape index (κ1) is 12.2. The molecule has 0 spiro atoms. The molecule has 4 heteroatoms. The van der Waals surface area contributed by atoms with Crippen molar-refractivity contribution in [3.8, 4) is 0 Å². The van der Waals surface area contributed by atoms with Crippen LogP contribution in [-0.4, -0.2) is 23.5 Å². The van der Waals surface area contributed by atoms with Crippen LogP contribution in [0.4, 0.5) is 0 Å². The maximum atomic E-state index is 11.2. The number of amides is 1. The minimum atomic E-state index is -0.144. The molecule has 1 N–H and O–H groups in total. The molecule has 0 aromatic rings. The highest BCUT2D eigenvalue weighted by Crippen LogP contribution is 2.03. The predicted molar refractivity (Wildman–Crippen MR) is 59.2 cm³/mol. The minimum absolute atomic E-state index is 0.0435. The van der Waals surface area contributed by atoms with E-state index < -0.39 is 0 Å². The van der Waals surface area contributed by atoms with Crippen molar-refractivity contribution in [2.45, 2.75) is 31.4 Å². The second-order valence-electron chi connectivity index (χ2n) is 2.67. The van der Waals surface area contributed by atoms with Gasteiger partial charge in [-0.05, 0) is 18.6 Å². The highest BCUT2D eigenvalue weighted by Gasteiger charge is 2.10. The number of hydrogen-bond donors (Lipinski definition) is 3. The van der Waals surface area contributed by atoms with Crippen LogP contribution in [0.3, 0.4) is 0 Å². The fraction of sp³-hybridized carbons (Fsp3) is 0.875. The van der Waals surface area contributed by atoms with Crippen molar-refractivity contribution in [2.24, 2.45) is 0 Å². The molecule has 0 radical (unpaired) electrons. The molecular weight excluding hydrogens is 190 g/mol. The Labute approximate surface area is 85.3 Å². The van der Waals surface area contributed by atoms with Gasteiger partial charge in [0, 0.05) is 6.54 Å². The Balaban J connectivity index is 3.43. The maximum Gasteiger partial charge on any atom is 0.232 e. The number of rotatable bonds is 6. The van der Waals surface area contributed by atoms with E-state index in [4.69, 9.17) is 0 Å². The molecule has 0 bridgehead atoms. The summed E-state index contributed by atoms with van der Waals surface area (Å²) < 4.78 is 0. The molecule has 0 aliphatic carbocycles. The lowest BCUT2D eigenvalue weighted by molar-refractivity contribution is -0.120. The Bertz CT molecular complexity index is 130. The average Bonchev–Trinajstić information content (AvgIpc) is 2.05. The van der Waals surface area contributed by atoms with Gasteiger partial charge in [-0.3, -0.25) is 4.79 Å². The van der Waals surface area contributed by atoms with E-state index in [0.717, 1.165) is 25.0 Å². The van der Waals surface area contributed by atoms with Crippen LogP contribution >= 0.6 is 25.3 Å². The molecule has 0 aliphatic heterocycles. The Morgan fingerprint density at radius 2 is 2.25 bits per heavy atom. The SMILES string of the molecule is CCCC(S)C(=O)NCCCS. The molecule has 0 heterocycles. The van der Waals surface area contributed by atoms with Gasteiger partial charge in [-0.15, -0.1) is 0 Å². The maximum absolute atomic E-state index is 11.2. The molecule has 0 aliphatic rings. The average molecular weight is 207 g/mol. The van der Waals surface area contributed by atoms with Gasteiger partial charge in [0.15, 0.2) is 0 Å². The summed E-state index contributed by atoms with van der Waals surface area (Å²) in [7, 11) is 0. The second kappa shape index (κ2) is 7.80. The van der Waals surface area contributed by atoms with Crippen LogP contribution in [0.5, 0.6) is 0 Å². The lowest BCUT2D eigenvalue weighted by atomic mass is 10.2. The van der Waals surface area contributed by atoms with Crippen LogP contribution in [0.2, 0.25) is 0 Å². The smallest absolute Gasteiger partial charge is 0.232 e. The van der Waals surface area contributed by atoms with Crippen molar-refractivity contribution in [3.63, 3.8) is 0 Å². The monoisotopic (exact) mass is 207 g/mol. The number of nitrogens with one attached hydrogen (secondary N) is 1. The Morgan fingerprint density at radius 3 is 2.75 bits per heavy atom. The zero-order valence-electron chi connectivity index (χ0n) is 7.42. The fourth-order valence-corrected chi connectivity index (χ4v) is 1.32. The molecule has 0 rings (SSSR count). The molecule has 1 unspecified atom stereocenters. The van der Waals surface area contributed by atoms with Gasteiger partial charge in [-0.2, -0.15) is 25.3 Å². The van der Waals surface area contributed by atoms with Crippen molar-refractivity contribution in [1.82, 2.24) is 5.32 Å². The highest BCUT2D eigenvalue weighted by atomic mass is 32.1. The van der Waals surface area contributed by atoms with Crippen molar-refractivity contribution in [2.75, 3.05) is 12.3 Å². The predicted octanol–water partition coefficient (Wildman–Crippen LogP) is 1.52. The Hall–Kier alpha value is 0.170. The summed E-state index contributed by atoms with van der Waals surface area (Å²) in [5.41, 5.74) is 0. The first-order chi connectivity index (χ1) is 5.72. The summed E-state index contributed by atoms with van der Waals surface area (Å²) in [5, 5.41) is 2.66. The molecule has 12 heavy (non-hydrogen) atoms. The third kappa shape index (κ3) is 5.77. The van der Waals surface area contributed by atoms with Crippen molar-refractivity contribution < 1.29 is 4.79 Å². The van der Waals surface area contributed by atoms with Crippen molar-refractivity contribution in [3.05, 3.63) is 0 Å². The van der Waals surface area contributed by atoms with Crippen LogP contribution < -0.4 is 5.32 Å². The van der Waals surface area contributed by atoms with Crippen LogP contribution in [0, 0.1) is 0 Å². The third-order valence-corrected chi connectivity index (χ3v) is 2.31. The Morgan fingerprint density at radius 1 is 1.58 bits per heavy atom. The summed E-state index contributed by atoms with van der Waals surface area (Å²) in [4.78, 5) is 11.2. The summed E-state index contributed by atoms with van der Waals surface area (Å²) in [6.07, 6.45) is 2.76. The molecule has 2 nitrogen and oxygen atoms in total. The first-order valence-electron chi connectivity index (χ1n) is 4.29. The van der Waals surface area contributed by atoms with Gasteiger partial charge in [0.05, 0.1) is 5.25 Å². The standard InChI is InChI=1S/C8H17NOS2/c1-2-4-7(12)8(10)9-5-3-6-11/h7,11-12H,2-6H2,1H3,(H,9,10). The van der Waals surface area contributed by atoms with Crippen LogP contribution in [0.25, 0.3) is 0 Å². The van der Waals surface area contributed by atoms with Gasteiger partial charge in [-0.1, -0.05) is 13.3 Å². The van der Waals surface area contributed by atoms with Crippen LogP contribution in [0.1, 0.15) is 26.2 Å². The zero-order chi connectivity index (χ0) is 9.40. The molecule has 0 saturated heterocycles. The van der Waals surface area contributed by atoms with E-state index in [1.165, 1.54) is 0 Å². The van der Waals surface area contributed by atoms with E-state index >= 15 is 0 Å². The first-order valence-corrected chi connectivity index (χ1v) is 5.43. The van der Waals surface area contributed by atoms with Crippen molar-refractivity contribution in [1.29, 1.82) is 0 Å². The molecule has 0 aromatic carbocycles. The summed E-state index contributed by atoms with van der Waals surface area (Å²) >= 11 is 8.22. The van der Waals surface area contributed by atoms with Gasteiger partial charge in [0.25, 0.3) is 0 Å². The molecule has 0 fully saturated rings. The van der Waals surface area contributed by atoms with E-state index in [0.29, 0.717) is 6.54 Å². The third-order valence-electron chi connectivity index (χ3n) is 1.50. The number of hydrogen-bond acceptors (Lipinski definition) is 3. The zero-order valence-corrected chi connectivity index (χ0v) is 9.20. The number of carbonyl (C=O) groups is 1. The van der Waals surface area contributed by atoms with Gasteiger partial charge >= 0.3 is 0 Å². The van der Waals surface area contributed by atoms with E-state index in [1.807, 2.05) is 6.92 Å². The van der Waals surface area contributed by atoms with Gasteiger partial charge in [0.2, 0.25) is 5.91 Å². The summed E-state index contributed by atoms with van der Waals surface area (Å²) in [5.74, 6) is 0.854. The molecule has 0 aromatic heterocycles. The normalized spacial score (nSPS) is 12.6. The lowest BCUT2D eigenvalue weighted by Gasteiger charge is -2.09. The van der Waals surface area contributed by atoms with Gasteiger partial charge in [-0.25, -0.2) is 0 Å². The largest absolute Gasteiger partial charge is 0.355 e. The van der Waals surface area contributed by atoms with E-state index in [9.17, 15) is 4.79 Å². The Kier molecular flexibility index (Phi) is 7.91. The van der Waals surface area contributed by atoms with Crippen molar-refractivity contribution >= 4 is 31.2 Å². The molecule has 72 valence electrons. The fourth-order valence-electron chi connectivity index (χ4n) is 0.813. The second-order valence-corrected chi connectivity index (χ2v) is 3.74. The van der Waals surface area contributed by atoms with Crippen LogP contribution in [0.15, 0.2) is 0 Å². The topological polar surface area (TPSA) is 29.1 Å². The molecular formula is C8H17NOS2. The molecule has 1 atom stereocenters. The lowest BCUT2D eigenvalue weighted by Crippen LogP contribution is -2.32. The van der Waals surface area contributed by atoms with E-state index in [2.05, 4.69) is 30.6 Å². The van der Waals surface area contributed by atoms with Crippen LogP contribution in [-0.2, 0) is 4.79 Å².